The van der Waals surface area contributed by atoms with Gasteiger partial charge in [0.05, 0.1) is 0 Å². The van der Waals surface area contributed by atoms with Crippen molar-refractivity contribution in [3.05, 3.63) is 0 Å². The number of rotatable bonds is 5. The van der Waals surface area contributed by atoms with Gasteiger partial charge < -0.3 is 10.6 Å². The largest absolute Gasteiger partial charge is 0.355 e. The van der Waals surface area contributed by atoms with E-state index in [4.69, 9.17) is 0 Å². The van der Waals surface area contributed by atoms with Crippen LogP contribution < -0.4 is 10.6 Å². The summed E-state index contributed by atoms with van der Waals surface area (Å²) in [5, 5.41) is 7.01. The van der Waals surface area contributed by atoms with Crippen LogP contribution in [0, 0.1) is 0 Å². The molecule has 1 fully saturated rings. The van der Waals surface area contributed by atoms with E-state index < -0.39 is 0 Å². The van der Waals surface area contributed by atoms with Gasteiger partial charge in [-0.3, -0.25) is 4.79 Å². The Morgan fingerprint density at radius 2 is 2.12 bits per heavy atom. The van der Waals surface area contributed by atoms with Gasteiger partial charge in [-0.15, -0.1) is 0 Å². The van der Waals surface area contributed by atoms with E-state index >= 15 is 0 Å². The van der Waals surface area contributed by atoms with E-state index in [1.807, 2.05) is 11.8 Å². The molecule has 1 atom stereocenters. The molecule has 0 aromatic carbocycles. The van der Waals surface area contributed by atoms with Crippen LogP contribution in [0.1, 0.15) is 46.5 Å². The minimum Gasteiger partial charge on any atom is -0.355 e. The maximum Gasteiger partial charge on any atom is 0.221 e. The van der Waals surface area contributed by atoms with Gasteiger partial charge in [0.2, 0.25) is 5.91 Å². The van der Waals surface area contributed by atoms with Crippen molar-refractivity contribution in [2.45, 2.75) is 57.2 Å². The van der Waals surface area contributed by atoms with E-state index in [-0.39, 0.29) is 11.4 Å². The van der Waals surface area contributed by atoms with E-state index in [1.165, 1.54) is 25.0 Å². The highest BCUT2D eigenvalue weighted by Crippen LogP contribution is 2.24. The first-order valence-electron chi connectivity index (χ1n) is 6.61. The summed E-state index contributed by atoms with van der Waals surface area (Å²) in [4.78, 5) is 11.6. The molecule has 1 heterocycles. The SMILES string of the molecule is CC(C)(C)NCCC(=O)NCC1CCCCS1. The number of carbonyl (C=O) groups excluding carboxylic acids is 1. The van der Waals surface area contributed by atoms with Crippen molar-refractivity contribution in [3.63, 3.8) is 0 Å². The molecule has 0 aromatic heterocycles. The van der Waals surface area contributed by atoms with Gasteiger partial charge >= 0.3 is 0 Å². The fourth-order valence-electron chi connectivity index (χ4n) is 1.84. The second-order valence-corrected chi connectivity index (χ2v) is 7.13. The number of hydrogen-bond acceptors (Lipinski definition) is 3. The Hall–Kier alpha value is -0.220. The first-order valence-corrected chi connectivity index (χ1v) is 7.65. The van der Waals surface area contributed by atoms with E-state index in [2.05, 4.69) is 31.4 Å². The summed E-state index contributed by atoms with van der Waals surface area (Å²) in [6.07, 6.45) is 4.49. The van der Waals surface area contributed by atoms with Gasteiger partial charge in [0.15, 0.2) is 0 Å². The number of amides is 1. The first kappa shape index (κ1) is 14.8. The molecule has 100 valence electrons. The number of nitrogens with one attached hydrogen (secondary N) is 2. The Morgan fingerprint density at radius 1 is 1.35 bits per heavy atom. The van der Waals surface area contributed by atoms with Gasteiger partial charge in [-0.1, -0.05) is 6.42 Å². The predicted octanol–water partition coefficient (Wildman–Crippen LogP) is 2.17. The number of thioether (sulfide) groups is 1. The highest BCUT2D eigenvalue weighted by Gasteiger charge is 2.15. The molecule has 0 aliphatic carbocycles. The van der Waals surface area contributed by atoms with E-state index in [1.54, 1.807) is 0 Å². The van der Waals surface area contributed by atoms with E-state index in [9.17, 15) is 4.79 Å². The van der Waals surface area contributed by atoms with Gasteiger partial charge in [0.25, 0.3) is 0 Å². The third-order valence-electron chi connectivity index (χ3n) is 2.81. The molecule has 3 nitrogen and oxygen atoms in total. The molecule has 0 aromatic rings. The Morgan fingerprint density at radius 3 is 2.71 bits per heavy atom. The molecule has 1 aliphatic rings. The normalized spacial score (nSPS) is 21.2. The van der Waals surface area contributed by atoms with Crippen LogP contribution in [0.15, 0.2) is 0 Å². The Labute approximate surface area is 109 Å². The summed E-state index contributed by atoms with van der Waals surface area (Å²) in [6, 6.07) is 0. The van der Waals surface area contributed by atoms with Crippen LogP contribution in [0.4, 0.5) is 0 Å². The third-order valence-corrected chi connectivity index (χ3v) is 4.21. The lowest BCUT2D eigenvalue weighted by Gasteiger charge is -2.22. The highest BCUT2D eigenvalue weighted by atomic mass is 32.2. The van der Waals surface area contributed by atoms with Crippen LogP contribution in [0.3, 0.4) is 0 Å². The average Bonchev–Trinajstić information content (AvgIpc) is 2.26. The molecule has 4 heteroatoms. The van der Waals surface area contributed by atoms with Crippen molar-refractivity contribution in [2.75, 3.05) is 18.8 Å². The van der Waals surface area contributed by atoms with Crippen LogP contribution in [0.2, 0.25) is 0 Å². The standard InChI is InChI=1S/C13H26N2OS/c1-13(2,3)15-8-7-12(16)14-10-11-6-4-5-9-17-11/h11,15H,4-10H2,1-3H3,(H,14,16). The molecule has 0 radical (unpaired) electrons. The lowest BCUT2D eigenvalue weighted by Crippen LogP contribution is -2.39. The summed E-state index contributed by atoms with van der Waals surface area (Å²) in [7, 11) is 0. The van der Waals surface area contributed by atoms with Crippen LogP contribution >= 0.6 is 11.8 Å². The molecule has 0 spiro atoms. The minimum atomic E-state index is 0.0967. The zero-order valence-electron chi connectivity index (χ0n) is 11.3. The summed E-state index contributed by atoms with van der Waals surface area (Å²) >= 11 is 2.00. The fourth-order valence-corrected chi connectivity index (χ4v) is 3.07. The van der Waals surface area contributed by atoms with E-state index in [0.717, 1.165) is 13.1 Å². The fraction of sp³-hybridized carbons (Fsp3) is 0.923. The minimum absolute atomic E-state index is 0.0967. The van der Waals surface area contributed by atoms with Gasteiger partial charge in [-0.25, -0.2) is 0 Å². The second kappa shape index (κ2) is 7.27. The van der Waals surface area contributed by atoms with Crippen molar-refractivity contribution < 1.29 is 4.79 Å². The lowest BCUT2D eigenvalue weighted by molar-refractivity contribution is -0.121. The smallest absolute Gasteiger partial charge is 0.221 e. The molecule has 1 unspecified atom stereocenters. The van der Waals surface area contributed by atoms with Crippen LogP contribution in [-0.4, -0.2) is 35.5 Å². The Kier molecular flexibility index (Phi) is 6.34. The Bertz CT molecular complexity index is 232. The molecule has 2 N–H and O–H groups in total. The molecule has 1 aliphatic heterocycles. The van der Waals surface area contributed by atoms with Gasteiger partial charge in [0, 0.05) is 30.3 Å². The molecule has 0 bridgehead atoms. The van der Waals surface area contributed by atoms with Crippen LogP contribution in [-0.2, 0) is 4.79 Å². The first-order chi connectivity index (χ1) is 7.97. The quantitative estimate of drug-likeness (QED) is 0.794. The van der Waals surface area contributed by atoms with Crippen molar-refractivity contribution in [1.82, 2.24) is 10.6 Å². The zero-order valence-corrected chi connectivity index (χ0v) is 12.2. The maximum atomic E-state index is 11.6. The second-order valence-electron chi connectivity index (χ2n) is 5.72. The van der Waals surface area contributed by atoms with Gasteiger partial charge in [-0.05, 0) is 39.4 Å². The third kappa shape index (κ3) is 7.66. The summed E-state index contributed by atoms with van der Waals surface area (Å²) in [6.45, 7) is 7.95. The summed E-state index contributed by atoms with van der Waals surface area (Å²) in [5.74, 6) is 1.43. The molecule has 0 saturated carbocycles. The summed E-state index contributed by atoms with van der Waals surface area (Å²) < 4.78 is 0. The van der Waals surface area contributed by atoms with Crippen molar-refractivity contribution in [3.8, 4) is 0 Å². The van der Waals surface area contributed by atoms with E-state index in [0.29, 0.717) is 11.7 Å². The Balaban J connectivity index is 2.04. The van der Waals surface area contributed by atoms with Crippen molar-refractivity contribution in [2.24, 2.45) is 0 Å². The van der Waals surface area contributed by atoms with Gasteiger partial charge in [-0.2, -0.15) is 11.8 Å². The monoisotopic (exact) mass is 258 g/mol. The number of hydrogen-bond donors (Lipinski definition) is 2. The molecular formula is C13H26N2OS. The highest BCUT2D eigenvalue weighted by molar-refractivity contribution is 7.99. The van der Waals surface area contributed by atoms with Crippen molar-refractivity contribution >= 4 is 17.7 Å². The zero-order chi connectivity index (χ0) is 12.7. The predicted molar refractivity (Wildman–Crippen MR) is 75.5 cm³/mol. The molecule has 17 heavy (non-hydrogen) atoms. The average molecular weight is 258 g/mol. The molecule has 1 amide bonds. The lowest BCUT2D eigenvalue weighted by atomic mass is 10.1. The molecule has 1 saturated heterocycles. The number of carbonyl (C=O) groups is 1. The summed E-state index contributed by atoms with van der Waals surface area (Å²) in [5.41, 5.74) is 0.0967. The maximum absolute atomic E-state index is 11.6. The van der Waals surface area contributed by atoms with Gasteiger partial charge in [0.1, 0.15) is 0 Å². The molecular weight excluding hydrogens is 232 g/mol. The van der Waals surface area contributed by atoms with Crippen molar-refractivity contribution in [1.29, 1.82) is 0 Å². The van der Waals surface area contributed by atoms with Crippen LogP contribution in [0.5, 0.6) is 0 Å². The molecule has 1 rings (SSSR count). The topological polar surface area (TPSA) is 41.1 Å². The van der Waals surface area contributed by atoms with Crippen LogP contribution in [0.25, 0.3) is 0 Å².